The zero-order valence-electron chi connectivity index (χ0n) is 23.9. The molecule has 2 heterocycles. The summed E-state index contributed by atoms with van der Waals surface area (Å²) < 4.78 is 5.30. The third-order valence-electron chi connectivity index (χ3n) is 6.75. The van der Waals surface area contributed by atoms with Crippen molar-refractivity contribution in [3.05, 3.63) is 78.0 Å². The van der Waals surface area contributed by atoms with Gasteiger partial charge in [-0.3, -0.25) is 14.4 Å². The third kappa shape index (κ3) is 7.25. The van der Waals surface area contributed by atoms with Gasteiger partial charge in [0, 0.05) is 43.4 Å². The Morgan fingerprint density at radius 2 is 1.75 bits per heavy atom. The van der Waals surface area contributed by atoms with Crippen molar-refractivity contribution in [3.8, 4) is 11.1 Å². The maximum absolute atomic E-state index is 12.6. The number of carbonyl (C=O) groups excluding carboxylic acids is 3. The second-order valence-corrected chi connectivity index (χ2v) is 11.2. The summed E-state index contributed by atoms with van der Waals surface area (Å²) in [6.07, 6.45) is 3.27. The number of hydrogen-bond acceptors (Lipinski definition) is 6. The van der Waals surface area contributed by atoms with Crippen molar-refractivity contribution in [2.45, 2.75) is 71.6 Å². The van der Waals surface area contributed by atoms with Gasteiger partial charge in [0.15, 0.2) is 0 Å². The van der Waals surface area contributed by atoms with Gasteiger partial charge in [0.1, 0.15) is 11.4 Å². The number of ether oxygens (including phenoxy) is 1. The number of pyridine rings is 1. The third-order valence-corrected chi connectivity index (χ3v) is 6.75. The van der Waals surface area contributed by atoms with Gasteiger partial charge in [-0.15, -0.1) is 0 Å². The Morgan fingerprint density at radius 1 is 1.02 bits per heavy atom. The molecule has 2 amide bonds. The molecule has 0 radical (unpaired) electrons. The lowest BCUT2D eigenvalue weighted by Crippen LogP contribution is -2.43. The lowest BCUT2D eigenvalue weighted by Gasteiger charge is -2.39. The topological polar surface area (TPSA) is 101 Å². The van der Waals surface area contributed by atoms with Gasteiger partial charge < -0.3 is 20.3 Å². The number of esters is 1. The fraction of sp³-hybridized carbons (Fsp3) is 0.375. The van der Waals surface area contributed by atoms with E-state index in [1.54, 1.807) is 25.3 Å². The number of carbonyl (C=O) groups is 3. The average molecular weight is 543 g/mol. The summed E-state index contributed by atoms with van der Waals surface area (Å²) in [5.41, 5.74) is 3.92. The first-order valence-electron chi connectivity index (χ1n) is 13.7. The molecule has 3 aromatic rings. The minimum Gasteiger partial charge on any atom is -0.460 e. The van der Waals surface area contributed by atoms with Crippen LogP contribution in [0.4, 0.5) is 11.5 Å². The monoisotopic (exact) mass is 542 g/mol. The molecule has 2 aromatic carbocycles. The molecule has 2 atom stereocenters. The molecule has 1 aromatic heterocycles. The number of anilines is 2. The molecule has 1 aliphatic rings. The van der Waals surface area contributed by atoms with Crippen molar-refractivity contribution in [1.29, 1.82) is 0 Å². The molecule has 0 bridgehead atoms. The number of nitrogens with zero attached hydrogens (tertiary/aromatic N) is 2. The highest BCUT2D eigenvalue weighted by atomic mass is 16.6. The predicted molar refractivity (Wildman–Crippen MR) is 157 cm³/mol. The number of amides is 2. The summed E-state index contributed by atoms with van der Waals surface area (Å²) in [7, 11) is 0. The van der Waals surface area contributed by atoms with Gasteiger partial charge in [0.05, 0.1) is 6.04 Å². The van der Waals surface area contributed by atoms with E-state index in [9.17, 15) is 14.4 Å². The summed E-state index contributed by atoms with van der Waals surface area (Å²) in [6.45, 7) is 9.55. The highest BCUT2D eigenvalue weighted by Gasteiger charge is 2.32. The Labute approximate surface area is 236 Å². The van der Waals surface area contributed by atoms with Gasteiger partial charge in [-0.2, -0.15) is 0 Å². The van der Waals surface area contributed by atoms with Crippen LogP contribution in [-0.2, 0) is 14.3 Å². The second-order valence-electron chi connectivity index (χ2n) is 11.2. The normalized spacial score (nSPS) is 16.6. The van der Waals surface area contributed by atoms with Crippen LogP contribution in [-0.4, -0.2) is 41.0 Å². The maximum atomic E-state index is 12.6. The molecule has 0 spiro atoms. The molecule has 4 rings (SSSR count). The van der Waals surface area contributed by atoms with Crippen LogP contribution >= 0.6 is 0 Å². The fourth-order valence-electron chi connectivity index (χ4n) is 5.03. The highest BCUT2D eigenvalue weighted by Crippen LogP contribution is 2.41. The zero-order valence-corrected chi connectivity index (χ0v) is 23.9. The van der Waals surface area contributed by atoms with E-state index >= 15 is 0 Å². The Kier molecular flexibility index (Phi) is 8.87. The molecule has 0 unspecified atom stereocenters. The number of aromatic nitrogens is 1. The zero-order chi connectivity index (χ0) is 28.9. The largest absolute Gasteiger partial charge is 0.460 e. The van der Waals surface area contributed by atoms with E-state index in [1.807, 2.05) is 68.1 Å². The summed E-state index contributed by atoms with van der Waals surface area (Å²) in [6, 6.07) is 19.4. The molecule has 210 valence electrons. The first kappa shape index (κ1) is 28.8. The number of hydrogen-bond donors (Lipinski definition) is 2. The molecular weight excluding hydrogens is 504 g/mol. The van der Waals surface area contributed by atoms with E-state index in [-0.39, 0.29) is 36.3 Å². The van der Waals surface area contributed by atoms with Crippen molar-refractivity contribution in [3.63, 3.8) is 0 Å². The van der Waals surface area contributed by atoms with Gasteiger partial charge in [-0.1, -0.05) is 24.3 Å². The van der Waals surface area contributed by atoms with Crippen LogP contribution < -0.4 is 15.5 Å². The first-order chi connectivity index (χ1) is 19.0. The molecule has 0 saturated heterocycles. The standard InChI is InChI=1S/C32H38N4O4/c1-21-19-27(35-29-9-6-7-17-33-29)26-20-25(15-16-28(26)36(21)22(2)37)23-11-13-24(14-12-23)31(39)34-18-8-10-30(38)40-32(3,4)5/h6-7,9,11-17,20-21,27H,8,10,18-19H2,1-5H3,(H,33,35)(H,34,39)/t21-,27+/m0/s1. The fourth-order valence-corrected chi connectivity index (χ4v) is 5.03. The van der Waals surface area contributed by atoms with Crippen molar-refractivity contribution < 1.29 is 19.1 Å². The quantitative estimate of drug-likeness (QED) is 0.272. The lowest BCUT2D eigenvalue weighted by molar-refractivity contribution is -0.154. The molecule has 0 saturated carbocycles. The Morgan fingerprint density at radius 3 is 2.40 bits per heavy atom. The summed E-state index contributed by atoms with van der Waals surface area (Å²) in [5.74, 6) is 0.342. The number of fused-ring (bicyclic) bond motifs is 1. The van der Waals surface area contributed by atoms with Crippen LogP contribution in [0.2, 0.25) is 0 Å². The summed E-state index contributed by atoms with van der Waals surface area (Å²) in [5, 5.41) is 6.41. The van der Waals surface area contributed by atoms with Gasteiger partial charge in [-0.25, -0.2) is 4.98 Å². The summed E-state index contributed by atoms with van der Waals surface area (Å²) in [4.78, 5) is 43.3. The highest BCUT2D eigenvalue weighted by molar-refractivity contribution is 5.95. The molecule has 0 aliphatic carbocycles. The number of benzene rings is 2. The van der Waals surface area contributed by atoms with E-state index in [0.717, 1.165) is 34.6 Å². The maximum Gasteiger partial charge on any atom is 0.306 e. The van der Waals surface area contributed by atoms with E-state index in [4.69, 9.17) is 4.74 Å². The van der Waals surface area contributed by atoms with E-state index < -0.39 is 5.60 Å². The Balaban J connectivity index is 1.46. The van der Waals surface area contributed by atoms with Crippen LogP contribution in [0.15, 0.2) is 66.9 Å². The molecule has 1 aliphatic heterocycles. The van der Waals surface area contributed by atoms with E-state index in [1.165, 1.54) is 0 Å². The Hall–Kier alpha value is -4.20. The number of nitrogens with one attached hydrogen (secondary N) is 2. The smallest absolute Gasteiger partial charge is 0.306 e. The lowest BCUT2D eigenvalue weighted by atomic mass is 9.89. The molecule has 0 fully saturated rings. The minimum absolute atomic E-state index is 0.0128. The van der Waals surface area contributed by atoms with Crippen LogP contribution in [0.5, 0.6) is 0 Å². The molecule has 8 nitrogen and oxygen atoms in total. The van der Waals surface area contributed by atoms with Crippen molar-refractivity contribution >= 4 is 29.3 Å². The average Bonchev–Trinajstić information content (AvgIpc) is 2.90. The first-order valence-corrected chi connectivity index (χ1v) is 13.7. The van der Waals surface area contributed by atoms with Gasteiger partial charge >= 0.3 is 5.97 Å². The van der Waals surface area contributed by atoms with E-state index in [0.29, 0.717) is 18.5 Å². The van der Waals surface area contributed by atoms with Crippen molar-refractivity contribution in [1.82, 2.24) is 10.3 Å². The molecular formula is C32H38N4O4. The van der Waals surface area contributed by atoms with Crippen LogP contribution in [0, 0.1) is 0 Å². The SMILES string of the molecule is CC(=O)N1c2ccc(-c3ccc(C(=O)NCCCC(=O)OC(C)(C)C)cc3)cc2[C@H](Nc2ccccn2)C[C@@H]1C. The van der Waals surface area contributed by atoms with Crippen molar-refractivity contribution in [2.75, 3.05) is 16.8 Å². The molecule has 8 heteroatoms. The van der Waals surface area contributed by atoms with Gasteiger partial charge in [0.25, 0.3) is 5.91 Å². The van der Waals surface area contributed by atoms with Gasteiger partial charge in [0.2, 0.25) is 5.91 Å². The number of rotatable bonds is 8. The Bertz CT molecular complexity index is 1350. The molecule has 2 N–H and O–H groups in total. The van der Waals surface area contributed by atoms with Gasteiger partial charge in [-0.05, 0) is 93.6 Å². The second kappa shape index (κ2) is 12.3. The minimum atomic E-state index is -0.512. The van der Waals surface area contributed by atoms with Crippen LogP contribution in [0.1, 0.15) is 75.8 Å². The van der Waals surface area contributed by atoms with E-state index in [2.05, 4.69) is 28.6 Å². The van der Waals surface area contributed by atoms with Crippen molar-refractivity contribution in [2.24, 2.45) is 0 Å². The van der Waals surface area contributed by atoms with Crippen LogP contribution in [0.25, 0.3) is 11.1 Å². The summed E-state index contributed by atoms with van der Waals surface area (Å²) >= 11 is 0. The molecule has 40 heavy (non-hydrogen) atoms. The van der Waals surface area contributed by atoms with Crippen LogP contribution in [0.3, 0.4) is 0 Å². The predicted octanol–water partition coefficient (Wildman–Crippen LogP) is 5.90.